The van der Waals surface area contributed by atoms with E-state index >= 15 is 0 Å². The molecular weight excluding hydrogens is 360 g/mol. The molecule has 146 valence electrons. The van der Waals surface area contributed by atoms with Crippen LogP contribution in [0.4, 0.5) is 5.69 Å². The van der Waals surface area contributed by atoms with Gasteiger partial charge >= 0.3 is 5.69 Å². The molecule has 28 heavy (non-hydrogen) atoms. The van der Waals surface area contributed by atoms with Crippen molar-refractivity contribution in [1.29, 1.82) is 0 Å². The zero-order chi connectivity index (χ0) is 20.1. The van der Waals surface area contributed by atoms with Crippen LogP contribution in [0.5, 0.6) is 5.75 Å². The van der Waals surface area contributed by atoms with Crippen LogP contribution in [0.2, 0.25) is 0 Å². The normalized spacial score (nSPS) is 10.6. The summed E-state index contributed by atoms with van der Waals surface area (Å²) in [5.74, 6) is 0.0179. The summed E-state index contributed by atoms with van der Waals surface area (Å²) < 4.78 is 8.33. The number of hydrogen-bond acceptors (Lipinski definition) is 4. The molecule has 0 unspecified atom stereocenters. The largest absolute Gasteiger partial charge is 0.484 e. The summed E-state index contributed by atoms with van der Waals surface area (Å²) in [6.07, 6.45) is 0. The zero-order valence-electron chi connectivity index (χ0n) is 15.8. The van der Waals surface area contributed by atoms with Crippen LogP contribution in [0.3, 0.4) is 0 Å². The molecule has 2 amide bonds. The van der Waals surface area contributed by atoms with Crippen molar-refractivity contribution in [3.63, 3.8) is 0 Å². The lowest BCUT2D eigenvalue weighted by atomic mass is 10.3. The second-order valence-corrected chi connectivity index (χ2v) is 6.23. The topological polar surface area (TPSA) is 94.4 Å². The van der Waals surface area contributed by atoms with E-state index in [1.54, 1.807) is 31.3 Å². The van der Waals surface area contributed by atoms with E-state index in [1.165, 1.54) is 9.13 Å². The van der Waals surface area contributed by atoms with Crippen LogP contribution in [0.15, 0.2) is 53.3 Å². The molecule has 3 rings (SSSR count). The molecule has 0 aliphatic rings. The van der Waals surface area contributed by atoms with Crippen LogP contribution in [0.1, 0.15) is 6.92 Å². The molecule has 3 aromatic rings. The summed E-state index contributed by atoms with van der Waals surface area (Å²) >= 11 is 0. The fourth-order valence-corrected chi connectivity index (χ4v) is 2.89. The van der Waals surface area contributed by atoms with Gasteiger partial charge in [-0.2, -0.15) is 0 Å². The Balaban J connectivity index is 1.64. The standard InChI is InChI=1S/C20H22N4O4/c1-3-21-19(26)13-28-15-10-8-14(9-11-15)22-18(25)12-24-17-7-5-4-6-16(17)23(2)20(24)27/h4-11H,3,12-13H2,1-2H3,(H,21,26)(H,22,25). The van der Waals surface area contributed by atoms with Gasteiger partial charge in [-0.15, -0.1) is 0 Å². The molecule has 0 aliphatic heterocycles. The Kier molecular flexibility index (Phi) is 5.78. The molecule has 1 heterocycles. The summed E-state index contributed by atoms with van der Waals surface area (Å²) in [4.78, 5) is 36.2. The van der Waals surface area contributed by atoms with Crippen LogP contribution in [-0.4, -0.2) is 34.1 Å². The Morgan fingerprint density at radius 2 is 1.68 bits per heavy atom. The third-order valence-corrected chi connectivity index (χ3v) is 4.24. The second-order valence-electron chi connectivity index (χ2n) is 6.23. The third-order valence-electron chi connectivity index (χ3n) is 4.24. The van der Waals surface area contributed by atoms with Crippen molar-refractivity contribution in [1.82, 2.24) is 14.5 Å². The molecule has 0 saturated carbocycles. The summed E-state index contributed by atoms with van der Waals surface area (Å²) in [6.45, 7) is 2.23. The Morgan fingerprint density at radius 3 is 2.36 bits per heavy atom. The number of para-hydroxylation sites is 2. The summed E-state index contributed by atoms with van der Waals surface area (Å²) in [6, 6.07) is 14.0. The van der Waals surface area contributed by atoms with E-state index in [1.807, 2.05) is 31.2 Å². The van der Waals surface area contributed by atoms with Crippen molar-refractivity contribution in [2.75, 3.05) is 18.5 Å². The number of aromatic nitrogens is 2. The first-order chi connectivity index (χ1) is 13.5. The minimum Gasteiger partial charge on any atom is -0.484 e. The van der Waals surface area contributed by atoms with Crippen molar-refractivity contribution >= 4 is 28.5 Å². The van der Waals surface area contributed by atoms with Crippen molar-refractivity contribution in [2.24, 2.45) is 7.05 Å². The number of ether oxygens (including phenoxy) is 1. The number of nitrogens with one attached hydrogen (secondary N) is 2. The van der Waals surface area contributed by atoms with Crippen molar-refractivity contribution in [2.45, 2.75) is 13.5 Å². The van der Waals surface area contributed by atoms with Crippen LogP contribution < -0.4 is 21.1 Å². The highest BCUT2D eigenvalue weighted by Crippen LogP contribution is 2.16. The van der Waals surface area contributed by atoms with Crippen LogP contribution in [-0.2, 0) is 23.2 Å². The predicted octanol–water partition coefficient (Wildman–Crippen LogP) is 1.49. The first-order valence-electron chi connectivity index (χ1n) is 8.93. The number of carbonyl (C=O) groups excluding carboxylic acids is 2. The van der Waals surface area contributed by atoms with Gasteiger partial charge in [0.15, 0.2) is 6.61 Å². The Bertz CT molecular complexity index is 1050. The van der Waals surface area contributed by atoms with Gasteiger partial charge in [0.1, 0.15) is 12.3 Å². The Labute approximate surface area is 161 Å². The van der Waals surface area contributed by atoms with Gasteiger partial charge in [0.25, 0.3) is 5.91 Å². The molecule has 0 fully saturated rings. The van der Waals surface area contributed by atoms with Gasteiger partial charge in [0.2, 0.25) is 5.91 Å². The number of nitrogens with zero attached hydrogens (tertiary/aromatic N) is 2. The molecule has 2 aromatic carbocycles. The molecule has 8 nitrogen and oxygen atoms in total. The summed E-state index contributed by atoms with van der Waals surface area (Å²) in [5, 5.41) is 5.41. The van der Waals surface area contributed by atoms with Gasteiger partial charge in [0, 0.05) is 19.3 Å². The highest BCUT2D eigenvalue weighted by Gasteiger charge is 2.13. The average molecular weight is 382 g/mol. The van der Waals surface area contributed by atoms with Gasteiger partial charge < -0.3 is 15.4 Å². The molecule has 0 saturated heterocycles. The van der Waals surface area contributed by atoms with Crippen LogP contribution in [0.25, 0.3) is 11.0 Å². The number of anilines is 1. The lowest BCUT2D eigenvalue weighted by molar-refractivity contribution is -0.123. The van der Waals surface area contributed by atoms with E-state index < -0.39 is 0 Å². The average Bonchev–Trinajstić information content (AvgIpc) is 2.93. The maximum absolute atomic E-state index is 12.4. The molecule has 8 heteroatoms. The highest BCUT2D eigenvalue weighted by molar-refractivity contribution is 5.91. The van der Waals surface area contributed by atoms with Gasteiger partial charge in [-0.1, -0.05) is 12.1 Å². The summed E-state index contributed by atoms with van der Waals surface area (Å²) in [7, 11) is 1.68. The number of carbonyl (C=O) groups is 2. The number of benzene rings is 2. The van der Waals surface area contributed by atoms with Crippen molar-refractivity contribution in [3.05, 3.63) is 59.0 Å². The Morgan fingerprint density at radius 1 is 1.00 bits per heavy atom. The lowest BCUT2D eigenvalue weighted by Crippen LogP contribution is -2.28. The fourth-order valence-electron chi connectivity index (χ4n) is 2.89. The van der Waals surface area contributed by atoms with Crippen LogP contribution in [0, 0.1) is 0 Å². The molecule has 0 bridgehead atoms. The number of likely N-dealkylation sites (N-methyl/N-ethyl adjacent to an activating group) is 1. The number of rotatable bonds is 7. The van der Waals surface area contributed by atoms with E-state index in [9.17, 15) is 14.4 Å². The first-order valence-corrected chi connectivity index (χ1v) is 8.93. The van der Waals surface area contributed by atoms with E-state index in [2.05, 4.69) is 10.6 Å². The van der Waals surface area contributed by atoms with Gasteiger partial charge in [-0.05, 0) is 43.3 Å². The Hall–Kier alpha value is -3.55. The number of amides is 2. The molecule has 0 atom stereocenters. The smallest absolute Gasteiger partial charge is 0.329 e. The second kappa shape index (κ2) is 8.43. The quantitative estimate of drug-likeness (QED) is 0.647. The first kappa shape index (κ1) is 19.2. The molecular formula is C20H22N4O4. The monoisotopic (exact) mass is 382 g/mol. The minimum atomic E-state index is -0.311. The SMILES string of the molecule is CCNC(=O)COc1ccc(NC(=O)Cn2c(=O)n(C)c3ccccc32)cc1. The van der Waals surface area contributed by atoms with Crippen molar-refractivity contribution < 1.29 is 14.3 Å². The number of fused-ring (bicyclic) bond motifs is 1. The fraction of sp³-hybridized carbons (Fsp3) is 0.250. The van der Waals surface area contributed by atoms with E-state index in [0.29, 0.717) is 23.5 Å². The number of imidazole rings is 1. The number of aryl methyl sites for hydroxylation is 1. The number of hydrogen-bond donors (Lipinski definition) is 2. The molecule has 1 aromatic heterocycles. The van der Waals surface area contributed by atoms with Crippen LogP contribution >= 0.6 is 0 Å². The van der Waals surface area contributed by atoms with E-state index in [-0.39, 0.29) is 30.7 Å². The van der Waals surface area contributed by atoms with Crippen molar-refractivity contribution in [3.8, 4) is 5.75 Å². The minimum absolute atomic E-state index is 0.0659. The van der Waals surface area contributed by atoms with Gasteiger partial charge in [-0.3, -0.25) is 18.7 Å². The van der Waals surface area contributed by atoms with E-state index in [4.69, 9.17) is 4.74 Å². The maximum Gasteiger partial charge on any atom is 0.329 e. The maximum atomic E-state index is 12.4. The predicted molar refractivity (Wildman–Crippen MR) is 106 cm³/mol. The van der Waals surface area contributed by atoms with Gasteiger partial charge in [-0.25, -0.2) is 4.79 Å². The molecule has 0 aliphatic carbocycles. The lowest BCUT2D eigenvalue weighted by Gasteiger charge is -2.09. The summed E-state index contributed by atoms with van der Waals surface area (Å²) in [5.41, 5.74) is 1.81. The zero-order valence-corrected chi connectivity index (χ0v) is 15.8. The molecule has 0 spiro atoms. The van der Waals surface area contributed by atoms with E-state index in [0.717, 1.165) is 5.52 Å². The van der Waals surface area contributed by atoms with Gasteiger partial charge in [0.05, 0.1) is 11.0 Å². The molecule has 2 N–H and O–H groups in total. The molecule has 0 radical (unpaired) electrons. The third kappa shape index (κ3) is 4.22. The highest BCUT2D eigenvalue weighted by atomic mass is 16.5.